The fraction of sp³-hybridized carbons (Fsp3) is 0.0667. The van der Waals surface area contributed by atoms with Crippen molar-refractivity contribution in [2.75, 3.05) is 0 Å². The maximum Gasteiger partial charge on any atom is 0.329 e. The summed E-state index contributed by atoms with van der Waals surface area (Å²) in [6, 6.07) is 7.44. The van der Waals surface area contributed by atoms with Crippen molar-refractivity contribution < 1.29 is 9.34 Å². The number of H-pyrrole nitrogens is 1. The van der Waals surface area contributed by atoms with Crippen molar-refractivity contribution in [2.45, 2.75) is 0 Å². The number of rotatable bonds is 2. The van der Waals surface area contributed by atoms with Gasteiger partial charge in [0.15, 0.2) is 11.2 Å². The van der Waals surface area contributed by atoms with E-state index in [0.29, 0.717) is 16.8 Å². The average Bonchev–Trinajstić information content (AvgIpc) is 3.02. The number of non-ortho nitro benzene ring substituents is 1. The molecule has 4 rings (SSSR count). The minimum atomic E-state index is -0.648. The van der Waals surface area contributed by atoms with Crippen LogP contribution in [0.4, 0.5) is 5.69 Å². The second-order valence-electron chi connectivity index (χ2n) is 5.32. The highest BCUT2D eigenvalue weighted by molar-refractivity contribution is 5.84. The molecule has 124 valence electrons. The van der Waals surface area contributed by atoms with Crippen molar-refractivity contribution >= 4 is 28.1 Å². The number of hydrogen-bond acceptors (Lipinski definition) is 7. The van der Waals surface area contributed by atoms with E-state index in [-0.39, 0.29) is 22.6 Å². The lowest BCUT2D eigenvalue weighted by molar-refractivity contribution is -0.384. The molecular formula is C15H9N5O5. The van der Waals surface area contributed by atoms with Crippen LogP contribution in [0.2, 0.25) is 0 Å². The van der Waals surface area contributed by atoms with E-state index in [2.05, 4.69) is 15.0 Å². The SMILES string of the molecule is Cn1c(=O)[nH]c(=O)c2nc3cc(-c4cccc([N+](=O)[O-])c4)oc3nc21. The van der Waals surface area contributed by atoms with Crippen molar-refractivity contribution in [1.29, 1.82) is 0 Å². The highest BCUT2D eigenvalue weighted by Crippen LogP contribution is 2.28. The van der Waals surface area contributed by atoms with Gasteiger partial charge in [-0.2, -0.15) is 4.98 Å². The lowest BCUT2D eigenvalue weighted by Gasteiger charge is -2.00. The quantitative estimate of drug-likeness (QED) is 0.429. The number of aromatic amines is 1. The highest BCUT2D eigenvalue weighted by atomic mass is 16.6. The number of benzene rings is 1. The molecule has 1 N–H and O–H groups in total. The number of nitrogens with zero attached hydrogens (tertiary/aromatic N) is 4. The Labute approximate surface area is 137 Å². The summed E-state index contributed by atoms with van der Waals surface area (Å²) in [4.78, 5) is 44.5. The summed E-state index contributed by atoms with van der Waals surface area (Å²) in [5, 5.41) is 10.9. The topological polar surface area (TPSA) is 137 Å². The zero-order valence-electron chi connectivity index (χ0n) is 12.7. The van der Waals surface area contributed by atoms with Gasteiger partial charge in [0, 0.05) is 30.8 Å². The Hall–Kier alpha value is -3.82. The van der Waals surface area contributed by atoms with Gasteiger partial charge < -0.3 is 4.42 Å². The third kappa shape index (κ3) is 2.27. The van der Waals surface area contributed by atoms with Crippen LogP contribution in [0.25, 0.3) is 33.7 Å². The average molecular weight is 339 g/mol. The van der Waals surface area contributed by atoms with Gasteiger partial charge in [0.2, 0.25) is 5.71 Å². The fourth-order valence-electron chi connectivity index (χ4n) is 2.49. The van der Waals surface area contributed by atoms with Gasteiger partial charge in [-0.1, -0.05) is 12.1 Å². The van der Waals surface area contributed by atoms with Crippen LogP contribution in [0.1, 0.15) is 0 Å². The molecule has 0 saturated carbocycles. The summed E-state index contributed by atoms with van der Waals surface area (Å²) in [6.45, 7) is 0. The summed E-state index contributed by atoms with van der Waals surface area (Å²) in [5.74, 6) is 0.315. The van der Waals surface area contributed by atoms with Gasteiger partial charge in [0.1, 0.15) is 11.3 Å². The molecule has 0 bridgehead atoms. The standard InChI is InChI=1S/C15H9N5O5/c1-19-12-11(13(21)18-15(19)22)16-9-6-10(25-14(9)17-12)7-3-2-4-8(5-7)20(23)24/h2-6H,1H3,(H,18,21,22). The van der Waals surface area contributed by atoms with E-state index in [1.54, 1.807) is 6.07 Å². The van der Waals surface area contributed by atoms with E-state index in [1.807, 2.05) is 0 Å². The third-order valence-corrected chi connectivity index (χ3v) is 3.74. The summed E-state index contributed by atoms with van der Waals surface area (Å²) < 4.78 is 6.76. The minimum Gasteiger partial charge on any atom is -0.436 e. The van der Waals surface area contributed by atoms with Gasteiger partial charge in [0.25, 0.3) is 11.2 Å². The van der Waals surface area contributed by atoms with Crippen molar-refractivity contribution in [1.82, 2.24) is 19.5 Å². The maximum absolute atomic E-state index is 11.9. The van der Waals surface area contributed by atoms with Crippen LogP contribution in [0.3, 0.4) is 0 Å². The van der Waals surface area contributed by atoms with Crippen molar-refractivity contribution in [3.05, 3.63) is 61.3 Å². The fourth-order valence-corrected chi connectivity index (χ4v) is 2.49. The first kappa shape index (κ1) is 14.8. The summed E-state index contributed by atoms with van der Waals surface area (Å²) in [6.07, 6.45) is 0. The largest absolute Gasteiger partial charge is 0.436 e. The lowest BCUT2D eigenvalue weighted by Crippen LogP contribution is -2.29. The number of aromatic nitrogens is 4. The van der Waals surface area contributed by atoms with Gasteiger partial charge in [-0.3, -0.25) is 24.5 Å². The molecule has 3 heterocycles. The Balaban J connectivity index is 1.98. The molecule has 4 aromatic rings. The molecule has 0 radical (unpaired) electrons. The summed E-state index contributed by atoms with van der Waals surface area (Å²) in [7, 11) is 1.45. The van der Waals surface area contributed by atoms with Crippen LogP contribution in [0.15, 0.2) is 44.3 Å². The van der Waals surface area contributed by atoms with Crippen LogP contribution in [-0.2, 0) is 7.05 Å². The van der Waals surface area contributed by atoms with Crippen LogP contribution in [0, 0.1) is 10.1 Å². The van der Waals surface area contributed by atoms with E-state index < -0.39 is 16.2 Å². The number of nitrogens with one attached hydrogen (secondary N) is 1. The Morgan fingerprint density at radius 2 is 2.04 bits per heavy atom. The van der Waals surface area contributed by atoms with Gasteiger partial charge in [-0.15, -0.1) is 0 Å². The first-order valence-electron chi connectivity index (χ1n) is 7.09. The van der Waals surface area contributed by atoms with Gasteiger partial charge in [-0.25, -0.2) is 9.78 Å². The second-order valence-corrected chi connectivity index (χ2v) is 5.32. The highest BCUT2D eigenvalue weighted by Gasteiger charge is 2.15. The van der Waals surface area contributed by atoms with Crippen molar-refractivity contribution in [3.8, 4) is 11.3 Å². The first-order valence-corrected chi connectivity index (χ1v) is 7.09. The Bertz CT molecular complexity index is 1280. The molecule has 0 amide bonds. The molecule has 0 spiro atoms. The molecule has 3 aromatic heterocycles. The number of nitro groups is 1. The molecular weight excluding hydrogens is 330 g/mol. The Morgan fingerprint density at radius 1 is 1.24 bits per heavy atom. The maximum atomic E-state index is 11.9. The lowest BCUT2D eigenvalue weighted by atomic mass is 10.1. The number of fused-ring (bicyclic) bond motifs is 2. The molecule has 0 fully saturated rings. The van der Waals surface area contributed by atoms with E-state index in [1.165, 1.54) is 31.3 Å². The van der Waals surface area contributed by atoms with E-state index in [4.69, 9.17) is 4.42 Å². The van der Waals surface area contributed by atoms with E-state index in [0.717, 1.165) is 4.57 Å². The van der Waals surface area contributed by atoms with E-state index >= 15 is 0 Å². The molecule has 0 aliphatic heterocycles. The Morgan fingerprint density at radius 3 is 2.80 bits per heavy atom. The van der Waals surface area contributed by atoms with Crippen LogP contribution in [0.5, 0.6) is 0 Å². The molecule has 1 aromatic carbocycles. The Kier molecular flexibility index (Phi) is 3.01. The van der Waals surface area contributed by atoms with Gasteiger partial charge in [0.05, 0.1) is 4.92 Å². The number of hydrogen-bond donors (Lipinski definition) is 1. The molecule has 0 aliphatic rings. The van der Waals surface area contributed by atoms with Crippen LogP contribution < -0.4 is 11.2 Å². The summed E-state index contributed by atoms with van der Waals surface area (Å²) in [5.41, 5.74) is -0.360. The number of furan rings is 1. The molecule has 10 nitrogen and oxygen atoms in total. The normalized spacial score (nSPS) is 11.2. The molecule has 0 aliphatic carbocycles. The second kappa shape index (κ2) is 5.09. The van der Waals surface area contributed by atoms with E-state index in [9.17, 15) is 19.7 Å². The smallest absolute Gasteiger partial charge is 0.329 e. The van der Waals surface area contributed by atoms with Crippen molar-refractivity contribution in [2.24, 2.45) is 7.05 Å². The van der Waals surface area contributed by atoms with Gasteiger partial charge in [-0.05, 0) is 0 Å². The molecule has 10 heteroatoms. The predicted molar refractivity (Wildman–Crippen MR) is 87.3 cm³/mol. The molecule has 0 atom stereocenters. The summed E-state index contributed by atoms with van der Waals surface area (Å²) >= 11 is 0. The van der Waals surface area contributed by atoms with Crippen LogP contribution in [-0.4, -0.2) is 24.4 Å². The molecule has 0 unspecified atom stereocenters. The third-order valence-electron chi connectivity index (χ3n) is 3.74. The van der Waals surface area contributed by atoms with Crippen LogP contribution >= 0.6 is 0 Å². The first-order chi connectivity index (χ1) is 11.9. The zero-order valence-corrected chi connectivity index (χ0v) is 12.7. The molecule has 0 saturated heterocycles. The van der Waals surface area contributed by atoms with Crippen molar-refractivity contribution in [3.63, 3.8) is 0 Å². The number of nitro benzene ring substituents is 1. The van der Waals surface area contributed by atoms with Gasteiger partial charge >= 0.3 is 5.69 Å². The monoisotopic (exact) mass is 339 g/mol. The minimum absolute atomic E-state index is 0.000919. The number of aryl methyl sites for hydroxylation is 1. The zero-order chi connectivity index (χ0) is 17.7. The predicted octanol–water partition coefficient (Wildman–Crippen LogP) is 1.34. The molecule has 25 heavy (non-hydrogen) atoms.